The molecule has 1 heterocycles. The number of hydrogen-bond donors (Lipinski definition) is 0. The maximum atomic E-state index is 5.76. The number of aryl methyl sites for hydroxylation is 1. The van der Waals surface area contributed by atoms with Crippen molar-refractivity contribution in [2.24, 2.45) is 0 Å². The minimum Gasteiger partial charge on any atom is -1.00 e. The van der Waals surface area contributed by atoms with Gasteiger partial charge in [-0.2, -0.15) is 0 Å². The zero-order chi connectivity index (χ0) is 24.2. The largest absolute Gasteiger partial charge is 1.00 e. The van der Waals surface area contributed by atoms with Crippen LogP contribution >= 0.6 is 0 Å². The fourth-order valence-electron chi connectivity index (χ4n) is 4.48. The van der Waals surface area contributed by atoms with E-state index in [0.717, 1.165) is 45.8 Å². The van der Waals surface area contributed by atoms with Crippen LogP contribution in [0, 0.1) is 0 Å². The monoisotopic (exact) mass is 511 g/mol. The molecule has 0 radical (unpaired) electrons. The number of halogens is 1. The summed E-state index contributed by atoms with van der Waals surface area (Å²) >= 11 is 0. The minimum absolute atomic E-state index is 0. The Labute approximate surface area is 225 Å². The van der Waals surface area contributed by atoms with Crippen molar-refractivity contribution in [1.82, 2.24) is 0 Å². The second-order valence-electron chi connectivity index (χ2n) is 10.1. The van der Waals surface area contributed by atoms with Crippen LogP contribution in [0.1, 0.15) is 135 Å². The van der Waals surface area contributed by atoms with E-state index < -0.39 is 0 Å². The molecule has 0 bridgehead atoms. The number of rotatable bonds is 27. The van der Waals surface area contributed by atoms with Crippen molar-refractivity contribution in [2.45, 2.75) is 142 Å². The first-order chi connectivity index (χ1) is 16.9. The molecule has 3 nitrogen and oxygen atoms in total. The van der Waals surface area contributed by atoms with Gasteiger partial charge in [-0.25, -0.2) is 4.57 Å². The Kier molecular flexibility index (Phi) is 29.0. The van der Waals surface area contributed by atoms with E-state index in [1.807, 2.05) is 0 Å². The maximum Gasteiger partial charge on any atom is 0.168 e. The Balaban J connectivity index is 0.0000116. The van der Waals surface area contributed by atoms with Crippen LogP contribution < -0.4 is 17.0 Å². The predicted octanol–water partition coefficient (Wildman–Crippen LogP) is 5.83. The second-order valence-corrected chi connectivity index (χ2v) is 10.1. The van der Waals surface area contributed by atoms with E-state index in [9.17, 15) is 0 Å². The van der Waals surface area contributed by atoms with Crippen LogP contribution in [-0.4, -0.2) is 26.4 Å². The highest BCUT2D eigenvalue weighted by atomic mass is 35.5. The van der Waals surface area contributed by atoms with E-state index >= 15 is 0 Å². The molecule has 0 saturated heterocycles. The number of pyridine rings is 1. The summed E-state index contributed by atoms with van der Waals surface area (Å²) in [6.45, 7) is 6.90. The summed E-state index contributed by atoms with van der Waals surface area (Å²) in [5.41, 5.74) is 0. The Morgan fingerprint density at radius 3 is 1.26 bits per heavy atom. The van der Waals surface area contributed by atoms with Gasteiger partial charge in [-0.1, -0.05) is 109 Å². The molecule has 1 rings (SSSR count). The Morgan fingerprint density at radius 2 is 0.800 bits per heavy atom. The molecular formula is C31H58ClNO2. The molecule has 0 saturated carbocycles. The fourth-order valence-corrected chi connectivity index (χ4v) is 4.48. The van der Waals surface area contributed by atoms with Crippen LogP contribution in [0.4, 0.5) is 0 Å². The summed E-state index contributed by atoms with van der Waals surface area (Å²) in [6.07, 6.45) is 31.6. The first kappa shape index (κ1) is 34.4. The van der Waals surface area contributed by atoms with Gasteiger partial charge in [0.2, 0.25) is 0 Å². The summed E-state index contributed by atoms with van der Waals surface area (Å²) < 4.78 is 13.7. The third-order valence-corrected chi connectivity index (χ3v) is 6.70. The number of ether oxygens (including phenoxy) is 2. The number of nitrogens with zero attached hydrogens (tertiary/aromatic N) is 1. The van der Waals surface area contributed by atoms with Crippen LogP contribution in [0.25, 0.3) is 0 Å². The third-order valence-electron chi connectivity index (χ3n) is 6.70. The first-order valence-corrected chi connectivity index (χ1v) is 15.0. The van der Waals surface area contributed by atoms with Crippen LogP contribution in [0.5, 0.6) is 0 Å². The molecular weight excluding hydrogens is 454 g/mol. The number of hydrogen-bond acceptors (Lipinski definition) is 2. The number of aromatic nitrogens is 1. The third kappa shape index (κ3) is 26.2. The SMILES string of the molecule is CCCCCCCCCCCCCCCCCCOCCCOCCCCC[n+]1ccccc1.[Cl-]. The minimum atomic E-state index is 0. The van der Waals surface area contributed by atoms with Crippen molar-refractivity contribution >= 4 is 0 Å². The molecule has 0 fully saturated rings. The van der Waals surface area contributed by atoms with Gasteiger partial charge in [0.05, 0.1) is 0 Å². The average molecular weight is 512 g/mol. The van der Waals surface area contributed by atoms with Crippen molar-refractivity contribution < 1.29 is 26.4 Å². The molecule has 0 unspecified atom stereocenters. The molecule has 4 heteroatoms. The summed E-state index contributed by atoms with van der Waals surface area (Å²) in [7, 11) is 0. The lowest BCUT2D eigenvalue weighted by molar-refractivity contribution is -0.697. The quantitative estimate of drug-likeness (QED) is 0.109. The van der Waals surface area contributed by atoms with Gasteiger partial charge in [-0.3, -0.25) is 0 Å². The lowest BCUT2D eigenvalue weighted by Crippen LogP contribution is -3.00. The molecule has 0 amide bonds. The van der Waals surface area contributed by atoms with E-state index in [-0.39, 0.29) is 12.4 Å². The lowest BCUT2D eigenvalue weighted by Gasteiger charge is -2.06. The fraction of sp³-hybridized carbons (Fsp3) is 0.839. The van der Waals surface area contributed by atoms with Crippen molar-refractivity contribution in [3.05, 3.63) is 30.6 Å². The van der Waals surface area contributed by atoms with Crippen LogP contribution in [-0.2, 0) is 16.0 Å². The van der Waals surface area contributed by atoms with Crippen LogP contribution in [0.3, 0.4) is 0 Å². The molecule has 0 spiro atoms. The van der Waals surface area contributed by atoms with Gasteiger partial charge in [0, 0.05) is 45.0 Å². The van der Waals surface area contributed by atoms with E-state index in [1.54, 1.807) is 0 Å². The molecule has 0 aromatic carbocycles. The summed E-state index contributed by atoms with van der Waals surface area (Å²) in [5, 5.41) is 0. The normalized spacial score (nSPS) is 11.0. The molecule has 0 aliphatic heterocycles. The second kappa shape index (κ2) is 29.6. The smallest absolute Gasteiger partial charge is 0.168 e. The molecule has 1 aromatic heterocycles. The average Bonchev–Trinajstić information content (AvgIpc) is 2.87. The highest BCUT2D eigenvalue weighted by molar-refractivity contribution is 4.83. The van der Waals surface area contributed by atoms with Gasteiger partial charge in [0.15, 0.2) is 12.4 Å². The number of unbranched alkanes of at least 4 members (excludes halogenated alkanes) is 17. The van der Waals surface area contributed by atoms with Crippen molar-refractivity contribution in [1.29, 1.82) is 0 Å². The van der Waals surface area contributed by atoms with Gasteiger partial charge < -0.3 is 21.9 Å². The van der Waals surface area contributed by atoms with Crippen LogP contribution in [0.15, 0.2) is 30.6 Å². The van der Waals surface area contributed by atoms with E-state index in [1.165, 1.54) is 116 Å². The topological polar surface area (TPSA) is 22.3 Å². The highest BCUT2D eigenvalue weighted by Crippen LogP contribution is 2.13. The van der Waals surface area contributed by atoms with Gasteiger partial charge in [-0.15, -0.1) is 0 Å². The molecule has 1 aromatic rings. The van der Waals surface area contributed by atoms with Gasteiger partial charge >= 0.3 is 0 Å². The van der Waals surface area contributed by atoms with E-state index in [2.05, 4.69) is 42.1 Å². The van der Waals surface area contributed by atoms with Gasteiger partial charge in [0.1, 0.15) is 6.54 Å². The van der Waals surface area contributed by atoms with Crippen LogP contribution in [0.2, 0.25) is 0 Å². The Hall–Kier alpha value is -0.640. The highest BCUT2D eigenvalue weighted by Gasteiger charge is 1.98. The standard InChI is InChI=1S/C31H58NO2.ClH/c1-2-3-4-5-6-7-8-9-10-11-12-13-14-15-16-22-28-33-30-24-31-34-29-23-18-21-27-32-25-19-17-20-26-32;/h17,19-20,25-26H,2-16,18,21-24,27-31H2,1H3;1H/q+1;/p-1. The molecule has 0 aliphatic carbocycles. The molecule has 0 atom stereocenters. The molecule has 35 heavy (non-hydrogen) atoms. The Bertz CT molecular complexity index is 500. The van der Waals surface area contributed by atoms with E-state index in [0.29, 0.717) is 0 Å². The zero-order valence-electron chi connectivity index (χ0n) is 23.2. The summed E-state index contributed by atoms with van der Waals surface area (Å²) in [4.78, 5) is 0. The van der Waals surface area contributed by atoms with Gasteiger partial charge in [0.25, 0.3) is 0 Å². The van der Waals surface area contributed by atoms with Crippen molar-refractivity contribution in [2.75, 3.05) is 26.4 Å². The molecule has 0 N–H and O–H groups in total. The van der Waals surface area contributed by atoms with Crippen molar-refractivity contribution in [3.63, 3.8) is 0 Å². The van der Waals surface area contributed by atoms with E-state index in [4.69, 9.17) is 9.47 Å². The Morgan fingerprint density at radius 1 is 0.429 bits per heavy atom. The maximum absolute atomic E-state index is 5.76. The first-order valence-electron chi connectivity index (χ1n) is 15.0. The van der Waals surface area contributed by atoms with Crippen molar-refractivity contribution in [3.8, 4) is 0 Å². The van der Waals surface area contributed by atoms with Gasteiger partial charge in [-0.05, 0) is 25.7 Å². The predicted molar refractivity (Wildman–Crippen MR) is 146 cm³/mol. The summed E-state index contributed by atoms with van der Waals surface area (Å²) in [5.74, 6) is 0. The molecule has 206 valence electrons. The lowest BCUT2D eigenvalue weighted by atomic mass is 10.0. The zero-order valence-corrected chi connectivity index (χ0v) is 24.0. The summed E-state index contributed by atoms with van der Waals surface area (Å²) in [6, 6.07) is 6.24. The molecule has 0 aliphatic rings.